The Kier molecular flexibility index (Phi) is 11.9. The SMILES string of the molecule is O=c1c(OC2OC(COC3OC(COC4OC(CO)C(O)C(O)C4O)C(O)C(O)C3O)C(O)C(O)C2O)c(-c2ccc(O)cc2)oc2cc(O)cc(O)c12. The molecule has 4 heterocycles. The predicted molar refractivity (Wildman–Crippen MR) is 173 cm³/mol. The molecule has 15 unspecified atom stereocenters. The van der Waals surface area contributed by atoms with Gasteiger partial charge in [0.15, 0.2) is 18.3 Å². The number of rotatable bonds is 10. The van der Waals surface area contributed by atoms with Gasteiger partial charge in [0.25, 0.3) is 0 Å². The number of phenols is 3. The molecule has 3 fully saturated rings. The topological polar surface area (TPSA) is 349 Å². The van der Waals surface area contributed by atoms with Crippen molar-refractivity contribution in [3.63, 3.8) is 0 Å². The van der Waals surface area contributed by atoms with Gasteiger partial charge in [-0.15, -0.1) is 0 Å². The number of fused-ring (bicyclic) bond motifs is 1. The molecule has 298 valence electrons. The van der Waals surface area contributed by atoms with Crippen molar-refractivity contribution < 1.29 is 99.2 Å². The van der Waals surface area contributed by atoms with Gasteiger partial charge in [0, 0.05) is 17.7 Å². The number of hydrogen-bond donors (Lipinski definition) is 13. The van der Waals surface area contributed by atoms with E-state index in [-0.39, 0.29) is 22.7 Å². The maximum absolute atomic E-state index is 13.7. The summed E-state index contributed by atoms with van der Waals surface area (Å²) < 4.78 is 39.0. The summed E-state index contributed by atoms with van der Waals surface area (Å²) in [5.74, 6) is -2.26. The van der Waals surface area contributed by atoms with Gasteiger partial charge in [-0.2, -0.15) is 0 Å². The third kappa shape index (κ3) is 7.70. The summed E-state index contributed by atoms with van der Waals surface area (Å²) in [7, 11) is 0. The van der Waals surface area contributed by atoms with E-state index >= 15 is 0 Å². The molecule has 13 N–H and O–H groups in total. The van der Waals surface area contributed by atoms with E-state index in [2.05, 4.69) is 0 Å². The van der Waals surface area contributed by atoms with Crippen LogP contribution in [0.4, 0.5) is 0 Å². The van der Waals surface area contributed by atoms with E-state index in [1.54, 1.807) is 0 Å². The molecule has 0 bridgehead atoms. The summed E-state index contributed by atoms with van der Waals surface area (Å²) in [6.07, 6.45) is -26.6. The van der Waals surface area contributed by atoms with E-state index in [9.17, 15) is 71.2 Å². The van der Waals surface area contributed by atoms with Gasteiger partial charge in [-0.05, 0) is 24.3 Å². The van der Waals surface area contributed by atoms with Crippen molar-refractivity contribution >= 4 is 11.0 Å². The Bertz CT molecular complexity index is 1800. The first-order valence-corrected chi connectivity index (χ1v) is 16.5. The van der Waals surface area contributed by atoms with E-state index in [1.165, 1.54) is 24.3 Å². The molecule has 3 saturated heterocycles. The Morgan fingerprint density at radius 2 is 1.06 bits per heavy atom. The monoisotopic (exact) mass is 772 g/mol. The number of aliphatic hydroxyl groups is 10. The van der Waals surface area contributed by atoms with E-state index in [4.69, 9.17) is 32.8 Å². The molecule has 0 aliphatic carbocycles. The lowest BCUT2D eigenvalue weighted by molar-refractivity contribution is -0.339. The van der Waals surface area contributed by atoms with E-state index in [0.717, 1.165) is 12.1 Å². The number of benzene rings is 2. The predicted octanol–water partition coefficient (Wildman–Crippen LogP) is -4.60. The molecule has 0 saturated carbocycles. The van der Waals surface area contributed by atoms with Crippen molar-refractivity contribution in [2.45, 2.75) is 92.1 Å². The summed E-state index contributed by atoms with van der Waals surface area (Å²) in [5, 5.41) is 133. The summed E-state index contributed by atoms with van der Waals surface area (Å²) in [6.45, 7) is -2.16. The number of aliphatic hydroxyl groups excluding tert-OH is 10. The highest BCUT2D eigenvalue weighted by Gasteiger charge is 2.50. The lowest BCUT2D eigenvalue weighted by Crippen LogP contribution is -2.63. The highest BCUT2D eigenvalue weighted by molar-refractivity contribution is 5.88. The van der Waals surface area contributed by atoms with Crippen LogP contribution < -0.4 is 10.2 Å². The molecule has 3 aliphatic rings. The van der Waals surface area contributed by atoms with Gasteiger partial charge in [-0.1, -0.05) is 0 Å². The Labute approximate surface area is 303 Å². The summed E-state index contributed by atoms with van der Waals surface area (Å²) in [5.41, 5.74) is -1.14. The van der Waals surface area contributed by atoms with Gasteiger partial charge >= 0.3 is 0 Å². The Morgan fingerprint density at radius 1 is 0.574 bits per heavy atom. The molecule has 0 amide bonds. The Hall–Kier alpha value is -3.75. The van der Waals surface area contributed by atoms with E-state index in [0.29, 0.717) is 0 Å². The molecular weight excluding hydrogens is 732 g/mol. The van der Waals surface area contributed by atoms with Crippen LogP contribution in [0.15, 0.2) is 45.6 Å². The van der Waals surface area contributed by atoms with E-state index < -0.39 is 140 Å². The molecule has 3 aliphatic heterocycles. The molecule has 3 aromatic rings. The van der Waals surface area contributed by atoms with E-state index in [1.807, 2.05) is 0 Å². The smallest absolute Gasteiger partial charge is 0.239 e. The van der Waals surface area contributed by atoms with Crippen LogP contribution >= 0.6 is 0 Å². The van der Waals surface area contributed by atoms with Crippen LogP contribution in [-0.2, 0) is 23.7 Å². The zero-order chi connectivity index (χ0) is 39.2. The lowest BCUT2D eigenvalue weighted by Gasteiger charge is -2.43. The van der Waals surface area contributed by atoms with Crippen LogP contribution in [0.3, 0.4) is 0 Å². The van der Waals surface area contributed by atoms with Crippen LogP contribution in [0.2, 0.25) is 0 Å². The number of ether oxygens (including phenoxy) is 6. The molecule has 54 heavy (non-hydrogen) atoms. The first-order valence-electron chi connectivity index (χ1n) is 16.5. The minimum atomic E-state index is -2.02. The second kappa shape index (κ2) is 16.2. The fourth-order valence-electron chi connectivity index (χ4n) is 6.22. The number of aromatic hydroxyl groups is 3. The van der Waals surface area contributed by atoms with Gasteiger partial charge in [0.2, 0.25) is 17.5 Å². The maximum atomic E-state index is 13.7. The minimum Gasteiger partial charge on any atom is -0.508 e. The fraction of sp³-hybridized carbons (Fsp3) is 0.545. The Balaban J connectivity index is 1.19. The molecule has 21 nitrogen and oxygen atoms in total. The summed E-state index contributed by atoms with van der Waals surface area (Å²) >= 11 is 0. The third-order valence-corrected chi connectivity index (χ3v) is 9.32. The molecule has 0 radical (unpaired) electrons. The van der Waals surface area contributed by atoms with Crippen molar-refractivity contribution in [3.05, 3.63) is 46.6 Å². The quantitative estimate of drug-likeness (QED) is 0.0922. The van der Waals surface area contributed by atoms with Crippen molar-refractivity contribution in [1.29, 1.82) is 0 Å². The fourth-order valence-corrected chi connectivity index (χ4v) is 6.22. The zero-order valence-corrected chi connectivity index (χ0v) is 27.8. The van der Waals surface area contributed by atoms with Crippen LogP contribution in [0, 0.1) is 0 Å². The molecule has 1 aromatic heterocycles. The van der Waals surface area contributed by atoms with Gasteiger partial charge in [-0.3, -0.25) is 4.79 Å². The molecule has 6 rings (SSSR count). The molecular formula is C33H40O21. The van der Waals surface area contributed by atoms with Crippen molar-refractivity contribution in [3.8, 4) is 34.3 Å². The highest BCUT2D eigenvalue weighted by Crippen LogP contribution is 2.38. The van der Waals surface area contributed by atoms with Crippen molar-refractivity contribution in [2.75, 3.05) is 19.8 Å². The first kappa shape index (κ1) is 39.9. The zero-order valence-electron chi connectivity index (χ0n) is 27.8. The van der Waals surface area contributed by atoms with Gasteiger partial charge in [0.05, 0.1) is 19.8 Å². The highest BCUT2D eigenvalue weighted by atomic mass is 16.7. The van der Waals surface area contributed by atoms with Gasteiger partial charge in [0.1, 0.15) is 101 Å². The second-order valence-electron chi connectivity index (χ2n) is 13.0. The second-order valence-corrected chi connectivity index (χ2v) is 13.0. The molecule has 2 aromatic carbocycles. The van der Waals surface area contributed by atoms with Crippen LogP contribution in [0.1, 0.15) is 0 Å². The largest absolute Gasteiger partial charge is 0.508 e. The van der Waals surface area contributed by atoms with Crippen molar-refractivity contribution in [1.82, 2.24) is 0 Å². The van der Waals surface area contributed by atoms with Gasteiger partial charge < -0.3 is 99.2 Å². The molecule has 0 spiro atoms. The Morgan fingerprint density at radius 3 is 1.59 bits per heavy atom. The van der Waals surface area contributed by atoms with Crippen LogP contribution in [0.25, 0.3) is 22.3 Å². The maximum Gasteiger partial charge on any atom is 0.239 e. The average molecular weight is 773 g/mol. The lowest BCUT2D eigenvalue weighted by atomic mass is 9.98. The first-order chi connectivity index (χ1) is 25.6. The summed E-state index contributed by atoms with van der Waals surface area (Å²) in [4.78, 5) is 13.7. The molecule has 15 atom stereocenters. The van der Waals surface area contributed by atoms with Crippen LogP contribution in [-0.4, -0.2) is 178 Å². The standard InChI is InChI=1S/C33H40O21/c34-7-15-19(38)23(42)26(45)31(51-15)48-8-16-20(39)24(43)27(46)32(52-16)49-9-17-21(40)25(44)28(47)33(53-17)54-30-22(41)18-13(37)5-12(36)6-14(18)50-29(30)10-1-3-11(35)4-2-10/h1-6,15-17,19-21,23-28,31-40,42-47H,7-9H2. The normalized spacial score (nSPS) is 37.3. The summed E-state index contributed by atoms with van der Waals surface area (Å²) in [6, 6.07) is 7.11. The van der Waals surface area contributed by atoms with Gasteiger partial charge in [-0.25, -0.2) is 0 Å². The number of hydrogen-bond acceptors (Lipinski definition) is 21. The van der Waals surface area contributed by atoms with Crippen molar-refractivity contribution in [2.24, 2.45) is 0 Å². The average Bonchev–Trinajstić information content (AvgIpc) is 3.14. The molecule has 21 heteroatoms. The minimum absolute atomic E-state index is 0.143. The third-order valence-electron chi connectivity index (χ3n) is 9.32. The van der Waals surface area contributed by atoms with Crippen LogP contribution in [0.5, 0.6) is 23.0 Å². The number of phenolic OH excluding ortho intramolecular Hbond substituents is 3.